The smallest absolute Gasteiger partial charge is 0.228 e. The van der Waals surface area contributed by atoms with Crippen LogP contribution in [0.3, 0.4) is 0 Å². The standard InChI is InChI=1S/C12H22N4O/c1-10(2)9-13-7-8-16(3)12-14-6-5-11(15-12)17-4/h5-6,10,13H,7-9H2,1-4H3. The molecule has 96 valence electrons. The summed E-state index contributed by atoms with van der Waals surface area (Å²) in [5.41, 5.74) is 0. The number of aromatic nitrogens is 2. The second kappa shape index (κ2) is 7.06. The molecule has 0 aromatic carbocycles. The van der Waals surface area contributed by atoms with Gasteiger partial charge in [-0.15, -0.1) is 0 Å². The van der Waals surface area contributed by atoms with E-state index in [0.717, 1.165) is 19.6 Å². The van der Waals surface area contributed by atoms with E-state index < -0.39 is 0 Å². The van der Waals surface area contributed by atoms with E-state index in [9.17, 15) is 0 Å². The van der Waals surface area contributed by atoms with Crippen LogP contribution in [0.4, 0.5) is 5.95 Å². The SMILES string of the molecule is COc1ccnc(N(C)CCNCC(C)C)n1. The molecule has 5 heteroatoms. The van der Waals surface area contributed by atoms with Crippen LogP contribution >= 0.6 is 0 Å². The fourth-order valence-corrected chi connectivity index (χ4v) is 1.37. The zero-order valence-electron chi connectivity index (χ0n) is 11.1. The van der Waals surface area contributed by atoms with Crippen molar-refractivity contribution < 1.29 is 4.74 Å². The van der Waals surface area contributed by atoms with Crippen molar-refractivity contribution in [2.45, 2.75) is 13.8 Å². The van der Waals surface area contributed by atoms with Gasteiger partial charge in [-0.05, 0) is 12.5 Å². The number of nitrogens with one attached hydrogen (secondary N) is 1. The maximum atomic E-state index is 5.07. The molecule has 0 atom stereocenters. The van der Waals surface area contributed by atoms with Gasteiger partial charge < -0.3 is 15.0 Å². The number of hydrogen-bond donors (Lipinski definition) is 1. The van der Waals surface area contributed by atoms with E-state index in [0.29, 0.717) is 17.7 Å². The third kappa shape index (κ3) is 4.99. The summed E-state index contributed by atoms with van der Waals surface area (Å²) >= 11 is 0. The Morgan fingerprint density at radius 2 is 2.24 bits per heavy atom. The molecule has 0 aliphatic rings. The number of rotatable bonds is 7. The van der Waals surface area contributed by atoms with Crippen LogP contribution in [0.15, 0.2) is 12.3 Å². The molecule has 0 saturated heterocycles. The summed E-state index contributed by atoms with van der Waals surface area (Å²) in [4.78, 5) is 10.5. The lowest BCUT2D eigenvalue weighted by Gasteiger charge is -2.17. The van der Waals surface area contributed by atoms with Crippen molar-refractivity contribution in [3.05, 3.63) is 12.3 Å². The van der Waals surface area contributed by atoms with E-state index in [-0.39, 0.29) is 0 Å². The molecule has 0 amide bonds. The predicted molar refractivity (Wildman–Crippen MR) is 69.6 cm³/mol. The average Bonchev–Trinajstić information content (AvgIpc) is 2.34. The van der Waals surface area contributed by atoms with Gasteiger partial charge in [-0.25, -0.2) is 4.98 Å². The summed E-state index contributed by atoms with van der Waals surface area (Å²) in [7, 11) is 3.59. The molecule has 0 bridgehead atoms. The quantitative estimate of drug-likeness (QED) is 0.723. The summed E-state index contributed by atoms with van der Waals surface area (Å²) in [6.45, 7) is 7.23. The minimum absolute atomic E-state index is 0.594. The van der Waals surface area contributed by atoms with Crippen LogP contribution in [0.2, 0.25) is 0 Å². The van der Waals surface area contributed by atoms with Crippen molar-refractivity contribution in [1.82, 2.24) is 15.3 Å². The first-order valence-corrected chi connectivity index (χ1v) is 5.92. The second-order valence-electron chi connectivity index (χ2n) is 4.42. The molecule has 0 radical (unpaired) electrons. The molecule has 1 aromatic rings. The maximum absolute atomic E-state index is 5.07. The lowest BCUT2D eigenvalue weighted by Crippen LogP contribution is -2.31. The van der Waals surface area contributed by atoms with Crippen molar-refractivity contribution in [2.24, 2.45) is 5.92 Å². The average molecular weight is 238 g/mol. The molecule has 1 N–H and O–H groups in total. The molecule has 1 heterocycles. The Morgan fingerprint density at radius 1 is 1.47 bits per heavy atom. The van der Waals surface area contributed by atoms with Crippen molar-refractivity contribution >= 4 is 5.95 Å². The molecular formula is C12H22N4O. The minimum Gasteiger partial charge on any atom is -0.481 e. The predicted octanol–water partition coefficient (Wildman–Crippen LogP) is 1.17. The van der Waals surface area contributed by atoms with Gasteiger partial charge in [0.05, 0.1) is 7.11 Å². The van der Waals surface area contributed by atoms with Crippen molar-refractivity contribution in [3.63, 3.8) is 0 Å². The van der Waals surface area contributed by atoms with E-state index in [4.69, 9.17) is 4.74 Å². The largest absolute Gasteiger partial charge is 0.481 e. The fraction of sp³-hybridized carbons (Fsp3) is 0.667. The minimum atomic E-state index is 0.594. The fourth-order valence-electron chi connectivity index (χ4n) is 1.37. The van der Waals surface area contributed by atoms with E-state index in [1.165, 1.54) is 0 Å². The van der Waals surface area contributed by atoms with Gasteiger partial charge in [-0.1, -0.05) is 13.8 Å². The van der Waals surface area contributed by atoms with Gasteiger partial charge in [0.2, 0.25) is 11.8 Å². The highest BCUT2D eigenvalue weighted by Gasteiger charge is 2.05. The van der Waals surface area contributed by atoms with Gasteiger partial charge in [-0.3, -0.25) is 0 Å². The lowest BCUT2D eigenvalue weighted by molar-refractivity contribution is 0.397. The first-order valence-electron chi connectivity index (χ1n) is 5.92. The summed E-state index contributed by atoms with van der Waals surface area (Å²) in [5.74, 6) is 1.96. The number of hydrogen-bond acceptors (Lipinski definition) is 5. The third-order valence-corrected chi connectivity index (χ3v) is 2.34. The van der Waals surface area contributed by atoms with E-state index in [1.807, 2.05) is 11.9 Å². The summed E-state index contributed by atoms with van der Waals surface area (Å²) < 4.78 is 5.07. The molecule has 0 aliphatic heterocycles. The topological polar surface area (TPSA) is 50.3 Å². The molecular weight excluding hydrogens is 216 g/mol. The molecule has 0 spiro atoms. The lowest BCUT2D eigenvalue weighted by atomic mass is 10.2. The first-order chi connectivity index (χ1) is 8.13. The molecule has 1 rings (SSSR count). The molecule has 1 aromatic heterocycles. The Bertz CT molecular complexity index is 330. The zero-order chi connectivity index (χ0) is 12.7. The van der Waals surface area contributed by atoms with Crippen LogP contribution in [0.25, 0.3) is 0 Å². The van der Waals surface area contributed by atoms with Gasteiger partial charge in [0.1, 0.15) is 0 Å². The highest BCUT2D eigenvalue weighted by atomic mass is 16.5. The van der Waals surface area contributed by atoms with Gasteiger partial charge >= 0.3 is 0 Å². The Hall–Kier alpha value is -1.36. The molecule has 0 unspecified atom stereocenters. The first kappa shape index (κ1) is 13.7. The van der Waals surface area contributed by atoms with Crippen molar-refractivity contribution in [2.75, 3.05) is 38.7 Å². The summed E-state index contributed by atoms with van der Waals surface area (Å²) in [6.07, 6.45) is 1.71. The second-order valence-corrected chi connectivity index (χ2v) is 4.42. The zero-order valence-corrected chi connectivity index (χ0v) is 11.1. The van der Waals surface area contributed by atoms with Crippen LogP contribution in [-0.2, 0) is 0 Å². The molecule has 17 heavy (non-hydrogen) atoms. The number of likely N-dealkylation sites (N-methyl/N-ethyl adjacent to an activating group) is 1. The molecule has 0 saturated carbocycles. The Morgan fingerprint density at radius 3 is 2.88 bits per heavy atom. The summed E-state index contributed by atoms with van der Waals surface area (Å²) in [5, 5.41) is 3.39. The van der Waals surface area contributed by atoms with Gasteiger partial charge in [0.25, 0.3) is 0 Å². The Balaban J connectivity index is 2.38. The number of nitrogens with zero attached hydrogens (tertiary/aromatic N) is 3. The third-order valence-electron chi connectivity index (χ3n) is 2.34. The van der Waals surface area contributed by atoms with E-state index in [2.05, 4.69) is 29.1 Å². The monoisotopic (exact) mass is 238 g/mol. The van der Waals surface area contributed by atoms with Crippen LogP contribution in [0.5, 0.6) is 5.88 Å². The molecule has 5 nitrogen and oxygen atoms in total. The number of ether oxygens (including phenoxy) is 1. The Kier molecular flexibility index (Phi) is 5.69. The van der Waals surface area contributed by atoms with Crippen LogP contribution < -0.4 is 15.0 Å². The highest BCUT2D eigenvalue weighted by molar-refractivity contribution is 5.30. The van der Waals surface area contributed by atoms with Gasteiger partial charge in [0.15, 0.2) is 0 Å². The number of methoxy groups -OCH3 is 1. The van der Waals surface area contributed by atoms with Crippen molar-refractivity contribution in [3.8, 4) is 5.88 Å². The maximum Gasteiger partial charge on any atom is 0.228 e. The normalized spacial score (nSPS) is 10.6. The van der Waals surface area contributed by atoms with E-state index >= 15 is 0 Å². The van der Waals surface area contributed by atoms with Gasteiger partial charge in [-0.2, -0.15) is 4.98 Å². The van der Waals surface area contributed by atoms with Crippen LogP contribution in [0.1, 0.15) is 13.8 Å². The molecule has 0 aliphatic carbocycles. The van der Waals surface area contributed by atoms with E-state index in [1.54, 1.807) is 19.4 Å². The van der Waals surface area contributed by atoms with Crippen LogP contribution in [0, 0.1) is 5.92 Å². The Labute approximate surface area is 103 Å². The van der Waals surface area contributed by atoms with Crippen molar-refractivity contribution in [1.29, 1.82) is 0 Å². The summed E-state index contributed by atoms with van der Waals surface area (Å²) in [6, 6.07) is 1.74. The molecule has 0 fully saturated rings. The van der Waals surface area contributed by atoms with Gasteiger partial charge in [0, 0.05) is 32.4 Å². The van der Waals surface area contributed by atoms with Crippen LogP contribution in [-0.4, -0.2) is 43.8 Å². The number of anilines is 1. The highest BCUT2D eigenvalue weighted by Crippen LogP contribution is 2.09.